The van der Waals surface area contributed by atoms with E-state index >= 15 is 0 Å². The van der Waals surface area contributed by atoms with Crippen LogP contribution in [0.15, 0.2) is 18.5 Å². The highest BCUT2D eigenvalue weighted by Gasteiger charge is 2.51. The van der Waals surface area contributed by atoms with Gasteiger partial charge in [0.2, 0.25) is 0 Å². The first-order valence-corrected chi connectivity index (χ1v) is 8.39. The van der Waals surface area contributed by atoms with E-state index in [0.29, 0.717) is 0 Å². The summed E-state index contributed by atoms with van der Waals surface area (Å²) in [6, 6.07) is 2.18. The van der Waals surface area contributed by atoms with Crippen LogP contribution in [-0.4, -0.2) is 41.3 Å². The second-order valence-electron chi connectivity index (χ2n) is 7.55. The fraction of sp³-hybridized carbons (Fsp3) is 0.706. The van der Waals surface area contributed by atoms with Gasteiger partial charge in [-0.25, -0.2) is 0 Å². The van der Waals surface area contributed by atoms with E-state index in [-0.39, 0.29) is 18.3 Å². The Bertz CT molecular complexity index is 511. The highest BCUT2D eigenvalue weighted by molar-refractivity contribution is 6.62. The Morgan fingerprint density at radius 2 is 1.68 bits per heavy atom. The summed E-state index contributed by atoms with van der Waals surface area (Å²) in [6.45, 7) is 11.7. The molecule has 5 heteroatoms. The van der Waals surface area contributed by atoms with Crippen LogP contribution in [0.4, 0.5) is 0 Å². The summed E-state index contributed by atoms with van der Waals surface area (Å²) in [4.78, 5) is 6.91. The molecule has 120 valence electrons. The van der Waals surface area contributed by atoms with Crippen LogP contribution in [0.25, 0.3) is 0 Å². The van der Waals surface area contributed by atoms with E-state index in [0.717, 1.165) is 12.0 Å². The van der Waals surface area contributed by atoms with Crippen LogP contribution in [0.5, 0.6) is 0 Å². The van der Waals surface area contributed by atoms with E-state index < -0.39 is 0 Å². The highest BCUT2D eigenvalue weighted by Crippen LogP contribution is 2.36. The second-order valence-corrected chi connectivity index (χ2v) is 7.55. The molecular weight excluding hydrogens is 275 g/mol. The van der Waals surface area contributed by atoms with Crippen molar-refractivity contribution < 1.29 is 9.31 Å². The average Bonchev–Trinajstić information content (AvgIpc) is 2.69. The van der Waals surface area contributed by atoms with Crippen LogP contribution >= 0.6 is 0 Å². The molecule has 2 aliphatic heterocycles. The number of likely N-dealkylation sites (tertiary alicyclic amines) is 1. The minimum atomic E-state index is -0.321. The van der Waals surface area contributed by atoms with Crippen molar-refractivity contribution in [3.63, 3.8) is 0 Å². The molecule has 0 bridgehead atoms. The van der Waals surface area contributed by atoms with Gasteiger partial charge in [-0.2, -0.15) is 0 Å². The van der Waals surface area contributed by atoms with Gasteiger partial charge >= 0.3 is 7.12 Å². The molecule has 0 atom stereocenters. The quantitative estimate of drug-likeness (QED) is 0.803. The first-order valence-electron chi connectivity index (χ1n) is 8.39. The molecule has 2 aliphatic rings. The van der Waals surface area contributed by atoms with Crippen molar-refractivity contribution >= 4 is 12.6 Å². The van der Waals surface area contributed by atoms with Gasteiger partial charge in [-0.3, -0.25) is 9.88 Å². The molecule has 2 saturated heterocycles. The SMILES string of the molecule is CC1(C)OB(c2cncc(CN3CCCCC3)c2)OC1(C)C. The lowest BCUT2D eigenvalue weighted by Crippen LogP contribution is -2.41. The third-order valence-electron chi connectivity index (χ3n) is 5.20. The molecule has 4 nitrogen and oxygen atoms in total. The summed E-state index contributed by atoms with van der Waals surface area (Å²) < 4.78 is 12.2. The third-order valence-corrected chi connectivity index (χ3v) is 5.20. The van der Waals surface area contributed by atoms with Crippen LogP contribution in [-0.2, 0) is 15.9 Å². The predicted octanol–water partition coefficient (Wildman–Crippen LogP) is 2.37. The van der Waals surface area contributed by atoms with Crippen LogP contribution in [0.2, 0.25) is 0 Å². The summed E-state index contributed by atoms with van der Waals surface area (Å²) in [5, 5.41) is 0. The molecular formula is C17H27BN2O2. The van der Waals surface area contributed by atoms with Gasteiger partial charge in [-0.05, 0) is 59.2 Å². The standard InChI is InChI=1S/C17H27BN2O2/c1-16(2)17(3,4)22-18(21-16)15-10-14(11-19-12-15)13-20-8-6-5-7-9-20/h10-12H,5-9,13H2,1-4H3. The van der Waals surface area contributed by atoms with Crippen molar-refractivity contribution in [3.05, 3.63) is 24.0 Å². The monoisotopic (exact) mass is 302 g/mol. The number of nitrogens with zero attached hydrogens (tertiary/aromatic N) is 2. The Hall–Kier alpha value is -0.905. The zero-order valence-corrected chi connectivity index (χ0v) is 14.3. The van der Waals surface area contributed by atoms with E-state index in [1.165, 1.54) is 37.9 Å². The van der Waals surface area contributed by atoms with Crippen LogP contribution in [0, 0.1) is 0 Å². The lowest BCUT2D eigenvalue weighted by atomic mass is 9.80. The van der Waals surface area contributed by atoms with E-state index in [9.17, 15) is 0 Å². The Balaban J connectivity index is 1.72. The first kappa shape index (κ1) is 16.0. The normalized spacial score (nSPS) is 24.6. The Morgan fingerprint density at radius 3 is 2.32 bits per heavy atom. The van der Waals surface area contributed by atoms with Crippen LogP contribution in [0.1, 0.15) is 52.5 Å². The molecule has 3 rings (SSSR count). The van der Waals surface area contributed by atoms with E-state index in [1.54, 1.807) is 0 Å². The van der Waals surface area contributed by atoms with E-state index in [1.807, 2.05) is 12.4 Å². The van der Waals surface area contributed by atoms with Gasteiger partial charge in [0.1, 0.15) is 0 Å². The van der Waals surface area contributed by atoms with E-state index in [2.05, 4.69) is 43.6 Å². The van der Waals surface area contributed by atoms with Crippen molar-refractivity contribution in [2.45, 2.75) is 64.7 Å². The molecule has 2 fully saturated rings. The third kappa shape index (κ3) is 3.22. The Morgan fingerprint density at radius 1 is 1.05 bits per heavy atom. The molecule has 0 amide bonds. The molecule has 0 N–H and O–H groups in total. The van der Waals surface area contributed by atoms with Crippen molar-refractivity contribution in [2.24, 2.45) is 0 Å². The predicted molar refractivity (Wildman–Crippen MR) is 89.1 cm³/mol. The molecule has 1 aromatic rings. The van der Waals surface area contributed by atoms with Gasteiger partial charge in [0, 0.05) is 24.4 Å². The zero-order valence-electron chi connectivity index (χ0n) is 14.3. The molecule has 0 saturated carbocycles. The number of hydrogen-bond acceptors (Lipinski definition) is 4. The maximum Gasteiger partial charge on any atom is 0.496 e. The number of aromatic nitrogens is 1. The highest BCUT2D eigenvalue weighted by atomic mass is 16.7. The van der Waals surface area contributed by atoms with Crippen LogP contribution in [0.3, 0.4) is 0 Å². The maximum absolute atomic E-state index is 6.12. The van der Waals surface area contributed by atoms with Crippen LogP contribution < -0.4 is 5.46 Å². The van der Waals surface area contributed by atoms with E-state index in [4.69, 9.17) is 9.31 Å². The lowest BCUT2D eigenvalue weighted by Gasteiger charge is -2.32. The molecule has 0 aromatic carbocycles. The number of hydrogen-bond donors (Lipinski definition) is 0. The zero-order chi connectivity index (χ0) is 15.8. The van der Waals surface area contributed by atoms with Crippen molar-refractivity contribution in [2.75, 3.05) is 13.1 Å². The number of pyridine rings is 1. The fourth-order valence-electron chi connectivity index (χ4n) is 3.08. The Kier molecular flexibility index (Phi) is 4.32. The molecule has 0 unspecified atom stereocenters. The van der Waals surface area contributed by atoms with Crippen molar-refractivity contribution in [1.29, 1.82) is 0 Å². The van der Waals surface area contributed by atoms with Crippen molar-refractivity contribution in [3.8, 4) is 0 Å². The Labute approximate surface area is 134 Å². The van der Waals surface area contributed by atoms with Gasteiger partial charge in [-0.15, -0.1) is 0 Å². The van der Waals surface area contributed by atoms with Crippen molar-refractivity contribution in [1.82, 2.24) is 9.88 Å². The fourth-order valence-corrected chi connectivity index (χ4v) is 3.08. The topological polar surface area (TPSA) is 34.6 Å². The molecule has 0 radical (unpaired) electrons. The number of rotatable bonds is 3. The summed E-state index contributed by atoms with van der Waals surface area (Å²) in [7, 11) is -0.321. The van der Waals surface area contributed by atoms with Gasteiger partial charge in [0.05, 0.1) is 11.2 Å². The lowest BCUT2D eigenvalue weighted by molar-refractivity contribution is 0.00578. The van der Waals surface area contributed by atoms with Gasteiger partial charge in [0.25, 0.3) is 0 Å². The molecule has 1 aromatic heterocycles. The summed E-state index contributed by atoms with van der Waals surface area (Å²) in [5.74, 6) is 0. The largest absolute Gasteiger partial charge is 0.496 e. The second kappa shape index (κ2) is 5.95. The van der Waals surface area contributed by atoms with Gasteiger partial charge in [-0.1, -0.05) is 12.5 Å². The van der Waals surface area contributed by atoms with Gasteiger partial charge in [0.15, 0.2) is 0 Å². The summed E-state index contributed by atoms with van der Waals surface area (Å²) in [5.41, 5.74) is 1.66. The summed E-state index contributed by atoms with van der Waals surface area (Å²) >= 11 is 0. The minimum absolute atomic E-state index is 0.305. The maximum atomic E-state index is 6.12. The smallest absolute Gasteiger partial charge is 0.399 e. The molecule has 0 aliphatic carbocycles. The van der Waals surface area contributed by atoms with Gasteiger partial charge < -0.3 is 9.31 Å². The minimum Gasteiger partial charge on any atom is -0.399 e. The molecule has 0 spiro atoms. The molecule has 22 heavy (non-hydrogen) atoms. The molecule has 3 heterocycles. The summed E-state index contributed by atoms with van der Waals surface area (Å²) in [6.07, 6.45) is 7.81. The average molecular weight is 302 g/mol. The first-order chi connectivity index (χ1) is 10.4. The number of piperidine rings is 1.